The average Bonchev–Trinajstić information content (AvgIpc) is 2.90. The summed E-state index contributed by atoms with van der Waals surface area (Å²) < 4.78 is 6.00. The first-order valence-corrected chi connectivity index (χ1v) is 13.0. The number of primary amides is 1. The van der Waals surface area contributed by atoms with Crippen LogP contribution in [0, 0.1) is 6.92 Å². The third-order valence-electron chi connectivity index (χ3n) is 6.18. The van der Waals surface area contributed by atoms with Crippen LogP contribution in [0.4, 0.5) is 15.3 Å². The van der Waals surface area contributed by atoms with Crippen LogP contribution in [-0.4, -0.2) is 31.8 Å². The van der Waals surface area contributed by atoms with Gasteiger partial charge in [-0.05, 0) is 54.2 Å². The van der Waals surface area contributed by atoms with Crippen LogP contribution in [0.2, 0.25) is 0 Å². The van der Waals surface area contributed by atoms with Crippen molar-refractivity contribution in [3.05, 3.63) is 94.5 Å². The van der Waals surface area contributed by atoms with Gasteiger partial charge >= 0.3 is 12.1 Å². The molecule has 0 aliphatic rings. The molecule has 0 saturated heterocycles. The van der Waals surface area contributed by atoms with E-state index in [0.717, 1.165) is 24.0 Å². The zero-order valence-electron chi connectivity index (χ0n) is 22.5. The molecule has 4 amide bonds. The summed E-state index contributed by atoms with van der Waals surface area (Å²) in [7, 11) is 1.57. The number of nitrogens with two attached hydrogens (primary N) is 1. The second-order valence-electron chi connectivity index (χ2n) is 9.30. The summed E-state index contributed by atoms with van der Waals surface area (Å²) in [5.74, 6) is 0.588. The van der Waals surface area contributed by atoms with Crippen molar-refractivity contribution in [2.24, 2.45) is 5.73 Å². The SMILES string of the molecule is CCCc1cc(C)ccc1CC(NCCc1ccc(OCc2ccccc2)c(NC(=O)NC)c1)NC(N)=O. The summed E-state index contributed by atoms with van der Waals surface area (Å²) in [6.45, 7) is 5.24. The highest BCUT2D eigenvalue weighted by Crippen LogP contribution is 2.27. The number of anilines is 1. The smallest absolute Gasteiger partial charge is 0.319 e. The number of carbonyl (C=O) groups is 2. The summed E-state index contributed by atoms with van der Waals surface area (Å²) in [4.78, 5) is 23.7. The van der Waals surface area contributed by atoms with Crippen LogP contribution in [0.15, 0.2) is 66.7 Å². The van der Waals surface area contributed by atoms with Crippen LogP contribution in [0.3, 0.4) is 0 Å². The molecule has 1 atom stereocenters. The first kappa shape index (κ1) is 28.5. The summed E-state index contributed by atoms with van der Waals surface area (Å²) in [6, 6.07) is 21.2. The summed E-state index contributed by atoms with van der Waals surface area (Å²) in [6.07, 6.45) is 3.04. The number of rotatable bonds is 13. The summed E-state index contributed by atoms with van der Waals surface area (Å²) in [5, 5.41) is 11.7. The maximum absolute atomic E-state index is 12.1. The van der Waals surface area contributed by atoms with Crippen LogP contribution in [0.25, 0.3) is 0 Å². The minimum absolute atomic E-state index is 0.303. The lowest BCUT2D eigenvalue weighted by Crippen LogP contribution is -2.49. The Kier molecular flexibility index (Phi) is 11.0. The molecule has 1 unspecified atom stereocenters. The van der Waals surface area contributed by atoms with E-state index < -0.39 is 6.03 Å². The molecule has 6 N–H and O–H groups in total. The fraction of sp³-hybridized carbons (Fsp3) is 0.333. The second kappa shape index (κ2) is 14.6. The van der Waals surface area contributed by atoms with Crippen molar-refractivity contribution in [2.45, 2.75) is 52.3 Å². The van der Waals surface area contributed by atoms with Crippen molar-refractivity contribution in [3.63, 3.8) is 0 Å². The number of carbonyl (C=O) groups excluding carboxylic acids is 2. The minimum Gasteiger partial charge on any atom is -0.487 e. The summed E-state index contributed by atoms with van der Waals surface area (Å²) >= 11 is 0. The first-order valence-electron chi connectivity index (χ1n) is 13.0. The van der Waals surface area contributed by atoms with Gasteiger partial charge in [-0.15, -0.1) is 0 Å². The molecule has 0 spiro atoms. The molecule has 0 radical (unpaired) electrons. The molecular weight excluding hydrogens is 478 g/mol. The maximum Gasteiger partial charge on any atom is 0.319 e. The first-order chi connectivity index (χ1) is 18.4. The molecule has 8 heteroatoms. The van der Waals surface area contributed by atoms with Crippen molar-refractivity contribution < 1.29 is 14.3 Å². The van der Waals surface area contributed by atoms with E-state index in [4.69, 9.17) is 10.5 Å². The molecule has 0 saturated carbocycles. The Morgan fingerprint density at radius 3 is 2.45 bits per heavy atom. The fourth-order valence-electron chi connectivity index (χ4n) is 4.29. The molecule has 0 aliphatic carbocycles. The number of hydrogen-bond donors (Lipinski definition) is 5. The molecule has 3 aromatic rings. The Labute approximate surface area is 225 Å². The van der Waals surface area contributed by atoms with Crippen molar-refractivity contribution in [2.75, 3.05) is 18.9 Å². The van der Waals surface area contributed by atoms with Crippen LogP contribution < -0.4 is 31.7 Å². The zero-order valence-corrected chi connectivity index (χ0v) is 22.5. The highest BCUT2D eigenvalue weighted by Gasteiger charge is 2.14. The van der Waals surface area contributed by atoms with E-state index in [2.05, 4.69) is 53.3 Å². The lowest BCUT2D eigenvalue weighted by atomic mass is 9.97. The summed E-state index contributed by atoms with van der Waals surface area (Å²) in [5.41, 5.74) is 11.8. The number of urea groups is 2. The van der Waals surface area contributed by atoms with E-state index in [-0.39, 0.29) is 12.2 Å². The van der Waals surface area contributed by atoms with Gasteiger partial charge in [0.2, 0.25) is 0 Å². The van der Waals surface area contributed by atoms with Gasteiger partial charge in [-0.25, -0.2) is 9.59 Å². The van der Waals surface area contributed by atoms with Crippen molar-refractivity contribution in [1.82, 2.24) is 16.0 Å². The Morgan fingerprint density at radius 2 is 1.74 bits per heavy atom. The molecule has 0 heterocycles. The van der Waals surface area contributed by atoms with Gasteiger partial charge in [0.15, 0.2) is 0 Å². The van der Waals surface area contributed by atoms with Crippen LogP contribution in [0.5, 0.6) is 5.75 Å². The van der Waals surface area contributed by atoms with Crippen LogP contribution in [-0.2, 0) is 25.9 Å². The number of hydrogen-bond acceptors (Lipinski definition) is 4. The third-order valence-corrected chi connectivity index (χ3v) is 6.18. The molecule has 8 nitrogen and oxygen atoms in total. The van der Waals surface area contributed by atoms with E-state index >= 15 is 0 Å². The number of ether oxygens (including phenoxy) is 1. The molecule has 0 aliphatic heterocycles. The van der Waals surface area contributed by atoms with Gasteiger partial charge < -0.3 is 26.4 Å². The van der Waals surface area contributed by atoms with Gasteiger partial charge in [0.25, 0.3) is 0 Å². The topological polar surface area (TPSA) is 118 Å². The number of amides is 4. The number of benzene rings is 3. The monoisotopic (exact) mass is 517 g/mol. The average molecular weight is 518 g/mol. The van der Waals surface area contributed by atoms with E-state index in [1.807, 2.05) is 48.5 Å². The van der Waals surface area contributed by atoms with Crippen LogP contribution in [0.1, 0.15) is 41.2 Å². The largest absolute Gasteiger partial charge is 0.487 e. The second-order valence-corrected chi connectivity index (χ2v) is 9.30. The number of nitrogens with one attached hydrogen (secondary N) is 4. The van der Waals surface area contributed by atoms with E-state index in [0.29, 0.717) is 37.4 Å². The van der Waals surface area contributed by atoms with E-state index in [9.17, 15) is 9.59 Å². The molecule has 0 aromatic heterocycles. The van der Waals surface area contributed by atoms with E-state index in [1.54, 1.807) is 7.05 Å². The van der Waals surface area contributed by atoms with Crippen molar-refractivity contribution in [1.29, 1.82) is 0 Å². The fourth-order valence-corrected chi connectivity index (χ4v) is 4.29. The Balaban J connectivity index is 1.67. The predicted molar refractivity (Wildman–Crippen MR) is 152 cm³/mol. The molecule has 0 bridgehead atoms. The highest BCUT2D eigenvalue weighted by molar-refractivity contribution is 5.90. The standard InChI is InChI=1S/C30H39N5O3/c1-4-8-24-17-21(2)11-13-25(24)19-28(35-29(31)36)33-16-15-22-12-14-27(26(18-22)34-30(37)32-3)38-20-23-9-6-5-7-10-23/h5-7,9-14,17-18,28,33H,4,8,15-16,19-20H2,1-3H3,(H3,31,35,36)(H2,32,34,37). The molecule has 3 aromatic carbocycles. The maximum atomic E-state index is 12.1. The van der Waals surface area contributed by atoms with Crippen molar-refractivity contribution in [3.8, 4) is 5.75 Å². The van der Waals surface area contributed by atoms with Gasteiger partial charge in [0.05, 0.1) is 11.9 Å². The number of aryl methyl sites for hydroxylation is 2. The zero-order chi connectivity index (χ0) is 27.3. The quantitative estimate of drug-likeness (QED) is 0.212. The van der Waals surface area contributed by atoms with Gasteiger partial charge in [-0.1, -0.05) is 73.5 Å². The van der Waals surface area contributed by atoms with Gasteiger partial charge in [-0.3, -0.25) is 5.32 Å². The molecular formula is C30H39N5O3. The third kappa shape index (κ3) is 9.12. The molecule has 0 fully saturated rings. The Hall–Kier alpha value is -4.04. The molecule has 3 rings (SSSR count). The lowest BCUT2D eigenvalue weighted by Gasteiger charge is -2.21. The van der Waals surface area contributed by atoms with Crippen LogP contribution >= 0.6 is 0 Å². The molecule has 202 valence electrons. The Morgan fingerprint density at radius 1 is 0.947 bits per heavy atom. The Bertz CT molecular complexity index is 1200. The lowest BCUT2D eigenvalue weighted by molar-refractivity contribution is 0.242. The van der Waals surface area contributed by atoms with Gasteiger partial charge in [0, 0.05) is 20.0 Å². The predicted octanol–water partition coefficient (Wildman–Crippen LogP) is 4.65. The minimum atomic E-state index is -0.566. The highest BCUT2D eigenvalue weighted by atomic mass is 16.5. The van der Waals surface area contributed by atoms with Gasteiger partial charge in [-0.2, -0.15) is 0 Å². The van der Waals surface area contributed by atoms with Gasteiger partial charge in [0.1, 0.15) is 12.4 Å². The van der Waals surface area contributed by atoms with E-state index in [1.165, 1.54) is 16.7 Å². The van der Waals surface area contributed by atoms with Crippen molar-refractivity contribution >= 4 is 17.7 Å². The molecule has 38 heavy (non-hydrogen) atoms. The normalized spacial score (nSPS) is 11.4.